The van der Waals surface area contributed by atoms with Crippen LogP contribution in [0.15, 0.2) is 47.4 Å². The monoisotopic (exact) mass is 382 g/mol. The van der Waals surface area contributed by atoms with Crippen molar-refractivity contribution in [3.63, 3.8) is 0 Å². The number of ether oxygens (including phenoxy) is 1. The number of amides is 1. The van der Waals surface area contributed by atoms with Crippen LogP contribution in [0.3, 0.4) is 0 Å². The zero-order valence-corrected chi connectivity index (χ0v) is 16.1. The second-order valence-corrected chi connectivity index (χ2v) is 7.16. The van der Waals surface area contributed by atoms with Gasteiger partial charge in [-0.2, -0.15) is 0 Å². The van der Waals surface area contributed by atoms with Gasteiger partial charge >= 0.3 is 0 Å². The fourth-order valence-electron chi connectivity index (χ4n) is 3.50. The lowest BCUT2D eigenvalue weighted by Gasteiger charge is -2.21. The van der Waals surface area contributed by atoms with E-state index < -0.39 is 11.5 Å². The van der Waals surface area contributed by atoms with Gasteiger partial charge in [-0.05, 0) is 36.8 Å². The van der Waals surface area contributed by atoms with Crippen molar-refractivity contribution in [2.24, 2.45) is 5.92 Å². The molecule has 1 aliphatic rings. The number of hydrogen-bond donors (Lipinski definition) is 1. The SMILES string of the molecule is CNC(=O)c1cc(C(=O)CCC2CCOCC2)cn(Cc2ccccc2)c1=O. The normalized spacial score (nSPS) is 14.6. The summed E-state index contributed by atoms with van der Waals surface area (Å²) in [5.41, 5.74) is 0.931. The molecule has 6 heteroatoms. The van der Waals surface area contributed by atoms with E-state index in [0.717, 1.165) is 38.0 Å². The van der Waals surface area contributed by atoms with Crippen LogP contribution in [0.1, 0.15) is 52.0 Å². The Morgan fingerprint density at radius 2 is 1.89 bits per heavy atom. The Balaban J connectivity index is 1.84. The number of carbonyl (C=O) groups is 2. The first-order valence-electron chi connectivity index (χ1n) is 9.70. The molecule has 0 radical (unpaired) electrons. The third-order valence-electron chi connectivity index (χ3n) is 5.20. The zero-order chi connectivity index (χ0) is 19.9. The molecule has 0 aliphatic carbocycles. The van der Waals surface area contributed by atoms with Crippen molar-refractivity contribution in [2.75, 3.05) is 20.3 Å². The maximum atomic E-state index is 12.8. The number of Topliss-reactive ketones (excluding diaryl/α,β-unsaturated/α-hetero) is 1. The van der Waals surface area contributed by atoms with Crippen molar-refractivity contribution in [3.8, 4) is 0 Å². The number of rotatable bonds is 7. The number of ketones is 1. The summed E-state index contributed by atoms with van der Waals surface area (Å²) in [5, 5.41) is 2.49. The number of hydrogen-bond acceptors (Lipinski definition) is 4. The number of carbonyl (C=O) groups excluding carboxylic acids is 2. The van der Waals surface area contributed by atoms with E-state index >= 15 is 0 Å². The van der Waals surface area contributed by atoms with Crippen LogP contribution in [0.4, 0.5) is 0 Å². The van der Waals surface area contributed by atoms with Gasteiger partial charge in [0.1, 0.15) is 5.56 Å². The standard InChI is InChI=1S/C22H26N2O4/c1-23-21(26)19-13-18(20(25)8-7-16-9-11-28-12-10-16)15-24(22(19)27)14-17-5-3-2-4-6-17/h2-6,13,15-16H,7-12,14H2,1H3,(H,23,26). The van der Waals surface area contributed by atoms with Crippen molar-refractivity contribution < 1.29 is 14.3 Å². The Hall–Kier alpha value is -2.73. The van der Waals surface area contributed by atoms with E-state index in [2.05, 4.69) is 5.32 Å². The van der Waals surface area contributed by atoms with Gasteiger partial charge in [-0.25, -0.2) is 0 Å². The third-order valence-corrected chi connectivity index (χ3v) is 5.20. The Labute approximate surface area is 164 Å². The van der Waals surface area contributed by atoms with Crippen LogP contribution in [0, 0.1) is 5.92 Å². The molecule has 0 atom stereocenters. The lowest BCUT2D eigenvalue weighted by atomic mass is 9.92. The summed E-state index contributed by atoms with van der Waals surface area (Å²) in [4.78, 5) is 37.7. The largest absolute Gasteiger partial charge is 0.381 e. The van der Waals surface area contributed by atoms with E-state index in [4.69, 9.17) is 4.74 Å². The molecule has 1 aromatic heterocycles. The maximum absolute atomic E-state index is 12.8. The summed E-state index contributed by atoms with van der Waals surface area (Å²) in [7, 11) is 1.48. The molecule has 0 bridgehead atoms. The van der Waals surface area contributed by atoms with Crippen molar-refractivity contribution in [3.05, 3.63) is 69.6 Å². The fraction of sp³-hybridized carbons (Fsp3) is 0.409. The van der Waals surface area contributed by atoms with Crippen LogP contribution in [-0.4, -0.2) is 36.5 Å². The van der Waals surface area contributed by atoms with Gasteiger partial charge < -0.3 is 14.6 Å². The molecule has 1 aliphatic heterocycles. The molecular weight excluding hydrogens is 356 g/mol. The van der Waals surface area contributed by atoms with Gasteiger partial charge in [-0.15, -0.1) is 0 Å². The maximum Gasteiger partial charge on any atom is 0.263 e. The Bertz CT molecular complexity index is 883. The van der Waals surface area contributed by atoms with Gasteiger partial charge in [-0.3, -0.25) is 14.4 Å². The predicted molar refractivity (Wildman–Crippen MR) is 107 cm³/mol. The first-order chi connectivity index (χ1) is 13.6. The third kappa shape index (κ3) is 4.95. The van der Waals surface area contributed by atoms with Crippen LogP contribution in [0.2, 0.25) is 0 Å². The topological polar surface area (TPSA) is 77.4 Å². The highest BCUT2D eigenvalue weighted by atomic mass is 16.5. The minimum Gasteiger partial charge on any atom is -0.381 e. The highest BCUT2D eigenvalue weighted by Gasteiger charge is 2.19. The van der Waals surface area contributed by atoms with Crippen molar-refractivity contribution in [2.45, 2.75) is 32.2 Å². The van der Waals surface area contributed by atoms with E-state index in [9.17, 15) is 14.4 Å². The number of aromatic nitrogens is 1. The second-order valence-electron chi connectivity index (χ2n) is 7.16. The molecule has 1 fully saturated rings. The molecule has 6 nitrogen and oxygen atoms in total. The first-order valence-corrected chi connectivity index (χ1v) is 9.70. The molecule has 1 amide bonds. The molecule has 3 rings (SSSR count). The summed E-state index contributed by atoms with van der Waals surface area (Å²) in [6.07, 6.45) is 4.74. The number of nitrogens with zero attached hydrogens (tertiary/aromatic N) is 1. The average Bonchev–Trinajstić information content (AvgIpc) is 2.74. The molecule has 0 unspecified atom stereocenters. The molecule has 1 N–H and O–H groups in total. The molecule has 0 saturated carbocycles. The van der Waals surface area contributed by atoms with E-state index in [1.807, 2.05) is 30.3 Å². The summed E-state index contributed by atoms with van der Waals surface area (Å²) in [5.74, 6) is -0.0318. The van der Waals surface area contributed by atoms with Crippen LogP contribution in [0.5, 0.6) is 0 Å². The van der Waals surface area contributed by atoms with Gasteiger partial charge in [-0.1, -0.05) is 30.3 Å². The Morgan fingerprint density at radius 1 is 1.18 bits per heavy atom. The quantitative estimate of drug-likeness (QED) is 0.747. The first kappa shape index (κ1) is 20.0. The minimum absolute atomic E-state index is 0.00431. The smallest absolute Gasteiger partial charge is 0.263 e. The predicted octanol–water partition coefficient (Wildman–Crippen LogP) is 2.65. The number of nitrogens with one attached hydrogen (secondary N) is 1. The van der Waals surface area contributed by atoms with Gasteiger partial charge in [0, 0.05) is 38.4 Å². The summed E-state index contributed by atoms with van der Waals surface area (Å²) < 4.78 is 6.81. The van der Waals surface area contributed by atoms with E-state index in [0.29, 0.717) is 24.4 Å². The van der Waals surface area contributed by atoms with Crippen molar-refractivity contribution >= 4 is 11.7 Å². The molecule has 28 heavy (non-hydrogen) atoms. The highest BCUT2D eigenvalue weighted by Crippen LogP contribution is 2.21. The van der Waals surface area contributed by atoms with E-state index in [-0.39, 0.29) is 11.3 Å². The molecule has 1 saturated heterocycles. The molecule has 1 aromatic carbocycles. The number of benzene rings is 1. The second kappa shape index (κ2) is 9.46. The van der Waals surface area contributed by atoms with Crippen LogP contribution in [-0.2, 0) is 11.3 Å². The van der Waals surface area contributed by atoms with E-state index in [1.165, 1.54) is 17.7 Å². The average molecular weight is 382 g/mol. The van der Waals surface area contributed by atoms with Crippen LogP contribution < -0.4 is 10.9 Å². The number of pyridine rings is 1. The van der Waals surface area contributed by atoms with Gasteiger partial charge in [0.2, 0.25) is 0 Å². The molecule has 148 valence electrons. The van der Waals surface area contributed by atoms with Crippen molar-refractivity contribution in [1.82, 2.24) is 9.88 Å². The van der Waals surface area contributed by atoms with E-state index in [1.54, 1.807) is 6.20 Å². The lowest BCUT2D eigenvalue weighted by Crippen LogP contribution is -2.32. The Morgan fingerprint density at radius 3 is 2.57 bits per heavy atom. The summed E-state index contributed by atoms with van der Waals surface area (Å²) in [6.45, 7) is 1.81. The summed E-state index contributed by atoms with van der Waals surface area (Å²) in [6, 6.07) is 10.9. The van der Waals surface area contributed by atoms with Crippen LogP contribution >= 0.6 is 0 Å². The van der Waals surface area contributed by atoms with Gasteiger partial charge in [0.05, 0.1) is 6.54 Å². The molecule has 0 spiro atoms. The minimum atomic E-state index is -0.481. The highest BCUT2D eigenvalue weighted by molar-refractivity contribution is 6.00. The lowest BCUT2D eigenvalue weighted by molar-refractivity contribution is 0.0619. The molecule has 2 heterocycles. The van der Waals surface area contributed by atoms with Gasteiger partial charge in [0.15, 0.2) is 5.78 Å². The molecule has 2 aromatic rings. The Kier molecular flexibility index (Phi) is 6.76. The fourth-order valence-corrected chi connectivity index (χ4v) is 3.50. The summed E-state index contributed by atoms with van der Waals surface area (Å²) >= 11 is 0. The van der Waals surface area contributed by atoms with Crippen molar-refractivity contribution in [1.29, 1.82) is 0 Å². The van der Waals surface area contributed by atoms with Crippen LogP contribution in [0.25, 0.3) is 0 Å². The molecular formula is C22H26N2O4. The van der Waals surface area contributed by atoms with Gasteiger partial charge in [0.25, 0.3) is 11.5 Å². The zero-order valence-electron chi connectivity index (χ0n) is 16.1.